The molecule has 1 aromatic rings. The quantitative estimate of drug-likeness (QED) is 0.607. The van der Waals surface area contributed by atoms with Crippen molar-refractivity contribution < 1.29 is 9.90 Å². The van der Waals surface area contributed by atoms with Gasteiger partial charge in [0.25, 0.3) is 0 Å². The maximum absolute atomic E-state index is 10.6. The predicted molar refractivity (Wildman–Crippen MR) is 66.1 cm³/mol. The van der Waals surface area contributed by atoms with Crippen LogP contribution in [0, 0.1) is 5.92 Å². The van der Waals surface area contributed by atoms with Gasteiger partial charge in [0.2, 0.25) is 0 Å². The molecule has 1 heterocycles. The average Bonchev–Trinajstić information content (AvgIpc) is 2.60. The minimum atomic E-state index is -0.825. The zero-order valence-corrected chi connectivity index (χ0v) is 10.7. The number of hydrogen-bond acceptors (Lipinski definition) is 3. The van der Waals surface area contributed by atoms with E-state index in [4.69, 9.17) is 5.11 Å². The fourth-order valence-electron chi connectivity index (χ4n) is 1.19. The van der Waals surface area contributed by atoms with Crippen LogP contribution in [0.4, 0.5) is 0 Å². The molecule has 0 bridgehead atoms. The summed E-state index contributed by atoms with van der Waals surface area (Å²) in [4.78, 5) is 12.2. The van der Waals surface area contributed by atoms with Crippen LogP contribution in [0.15, 0.2) is 16.3 Å². The van der Waals surface area contributed by atoms with Gasteiger partial charge in [-0.1, -0.05) is 20.3 Å². The van der Waals surface area contributed by atoms with Gasteiger partial charge in [-0.3, -0.25) is 0 Å². The zero-order chi connectivity index (χ0) is 11.3. The molecule has 2 nitrogen and oxygen atoms in total. The van der Waals surface area contributed by atoms with Crippen LogP contribution in [0.1, 0.15) is 36.4 Å². The van der Waals surface area contributed by atoms with Crippen LogP contribution in [0.3, 0.4) is 0 Å². The number of carboxylic acids is 1. The number of thiophene rings is 1. The lowest BCUT2D eigenvalue weighted by Crippen LogP contribution is -1.90. The topological polar surface area (TPSA) is 37.3 Å². The molecule has 1 N–H and O–H groups in total. The Bertz CT molecular complexity index is 318. The lowest BCUT2D eigenvalue weighted by molar-refractivity contribution is 0.0702. The Balaban J connectivity index is 2.29. The normalized spacial score (nSPS) is 10.9. The third-order valence-corrected chi connectivity index (χ3v) is 4.11. The van der Waals surface area contributed by atoms with E-state index in [9.17, 15) is 4.79 Å². The molecule has 1 rings (SSSR count). The molecule has 0 radical (unpaired) electrons. The summed E-state index contributed by atoms with van der Waals surface area (Å²) in [6.07, 6.45) is 2.43. The summed E-state index contributed by atoms with van der Waals surface area (Å²) >= 11 is 3.05. The van der Waals surface area contributed by atoms with Crippen LogP contribution >= 0.6 is 23.1 Å². The number of hydrogen-bond donors (Lipinski definition) is 1. The van der Waals surface area contributed by atoms with Crippen molar-refractivity contribution in [1.82, 2.24) is 0 Å². The maximum atomic E-state index is 10.6. The second-order valence-electron chi connectivity index (χ2n) is 3.84. The largest absolute Gasteiger partial charge is 0.477 e. The maximum Gasteiger partial charge on any atom is 0.345 e. The summed E-state index contributed by atoms with van der Waals surface area (Å²) in [7, 11) is 0. The van der Waals surface area contributed by atoms with E-state index in [1.54, 1.807) is 17.8 Å². The number of aromatic carboxylic acids is 1. The number of rotatable bonds is 6. The van der Waals surface area contributed by atoms with Gasteiger partial charge in [0.1, 0.15) is 4.88 Å². The van der Waals surface area contributed by atoms with E-state index < -0.39 is 5.97 Å². The van der Waals surface area contributed by atoms with Gasteiger partial charge in [0.05, 0.1) is 0 Å². The molecule has 15 heavy (non-hydrogen) atoms. The lowest BCUT2D eigenvalue weighted by Gasteiger charge is -2.02. The van der Waals surface area contributed by atoms with Gasteiger partial charge in [-0.05, 0) is 24.2 Å². The van der Waals surface area contributed by atoms with E-state index in [2.05, 4.69) is 13.8 Å². The predicted octanol–water partition coefficient (Wildman–Crippen LogP) is 3.97. The van der Waals surface area contributed by atoms with Crippen molar-refractivity contribution in [2.24, 2.45) is 5.92 Å². The lowest BCUT2D eigenvalue weighted by atomic mass is 10.1. The molecule has 0 aliphatic rings. The first-order chi connectivity index (χ1) is 7.09. The van der Waals surface area contributed by atoms with Crippen LogP contribution in [0.5, 0.6) is 0 Å². The molecule has 1 aromatic heterocycles. The van der Waals surface area contributed by atoms with Gasteiger partial charge in [0, 0.05) is 10.3 Å². The summed E-state index contributed by atoms with van der Waals surface area (Å²) in [5.74, 6) is 1.00. The molecular weight excluding hydrogens is 228 g/mol. The highest BCUT2D eigenvalue weighted by Gasteiger charge is 2.06. The Hall–Kier alpha value is -0.480. The van der Waals surface area contributed by atoms with Gasteiger partial charge in [-0.25, -0.2) is 4.79 Å². The third-order valence-electron chi connectivity index (χ3n) is 1.98. The molecule has 0 spiro atoms. The van der Waals surface area contributed by atoms with E-state index in [1.807, 2.05) is 5.38 Å². The third kappa shape index (κ3) is 4.71. The van der Waals surface area contributed by atoms with Crippen LogP contribution in [-0.4, -0.2) is 16.8 Å². The van der Waals surface area contributed by atoms with E-state index in [-0.39, 0.29) is 0 Å². The molecule has 0 aliphatic carbocycles. The first-order valence-corrected chi connectivity index (χ1v) is 6.90. The number of carboxylic acid groups (broad SMARTS) is 1. The highest BCUT2D eigenvalue weighted by Crippen LogP contribution is 2.26. The molecule has 0 aliphatic heterocycles. The SMILES string of the molecule is CC(C)CCCSc1csc(C(=O)O)c1. The Kier molecular flexibility index (Phi) is 5.19. The van der Waals surface area contributed by atoms with E-state index >= 15 is 0 Å². The average molecular weight is 244 g/mol. The first-order valence-electron chi connectivity index (χ1n) is 5.04. The second kappa shape index (κ2) is 6.18. The summed E-state index contributed by atoms with van der Waals surface area (Å²) in [6, 6.07) is 1.76. The number of thioether (sulfide) groups is 1. The van der Waals surface area contributed by atoms with E-state index in [1.165, 1.54) is 24.2 Å². The van der Waals surface area contributed by atoms with Crippen LogP contribution in [-0.2, 0) is 0 Å². The van der Waals surface area contributed by atoms with Crippen molar-refractivity contribution in [1.29, 1.82) is 0 Å². The van der Waals surface area contributed by atoms with Gasteiger partial charge in [-0.2, -0.15) is 0 Å². The fourth-order valence-corrected chi connectivity index (χ4v) is 3.03. The van der Waals surface area contributed by atoms with Gasteiger partial charge in [0.15, 0.2) is 0 Å². The fraction of sp³-hybridized carbons (Fsp3) is 0.545. The highest BCUT2D eigenvalue weighted by molar-refractivity contribution is 7.99. The smallest absolute Gasteiger partial charge is 0.345 e. The zero-order valence-electron chi connectivity index (χ0n) is 9.03. The van der Waals surface area contributed by atoms with Gasteiger partial charge in [-0.15, -0.1) is 23.1 Å². The molecule has 84 valence electrons. The minimum absolute atomic E-state index is 0.432. The molecule has 0 unspecified atom stereocenters. The summed E-state index contributed by atoms with van der Waals surface area (Å²) in [5.41, 5.74) is 0. The van der Waals surface area contributed by atoms with Crippen molar-refractivity contribution in [2.75, 3.05) is 5.75 Å². The molecule has 4 heteroatoms. The summed E-state index contributed by atoms with van der Waals surface area (Å²) < 4.78 is 0. The molecule has 0 fully saturated rings. The van der Waals surface area contributed by atoms with Crippen LogP contribution in [0.2, 0.25) is 0 Å². The Morgan fingerprint density at radius 1 is 1.60 bits per heavy atom. The molecular formula is C11H16O2S2. The van der Waals surface area contributed by atoms with Crippen molar-refractivity contribution in [3.63, 3.8) is 0 Å². The molecule has 0 saturated carbocycles. The van der Waals surface area contributed by atoms with Crippen LogP contribution < -0.4 is 0 Å². The molecule has 0 aromatic carbocycles. The summed E-state index contributed by atoms with van der Waals surface area (Å²) in [5, 5.41) is 10.7. The molecule has 0 atom stereocenters. The van der Waals surface area contributed by atoms with Crippen molar-refractivity contribution >= 4 is 29.1 Å². The van der Waals surface area contributed by atoms with Gasteiger partial charge < -0.3 is 5.11 Å². The summed E-state index contributed by atoms with van der Waals surface area (Å²) in [6.45, 7) is 4.44. The van der Waals surface area contributed by atoms with Gasteiger partial charge >= 0.3 is 5.97 Å². The Morgan fingerprint density at radius 3 is 2.87 bits per heavy atom. The first kappa shape index (κ1) is 12.6. The minimum Gasteiger partial charge on any atom is -0.477 e. The monoisotopic (exact) mass is 244 g/mol. The molecule has 0 amide bonds. The Morgan fingerprint density at radius 2 is 2.33 bits per heavy atom. The van der Waals surface area contributed by atoms with Crippen molar-refractivity contribution in [3.8, 4) is 0 Å². The van der Waals surface area contributed by atoms with Crippen LogP contribution in [0.25, 0.3) is 0 Å². The second-order valence-corrected chi connectivity index (χ2v) is 5.92. The van der Waals surface area contributed by atoms with Crippen molar-refractivity contribution in [2.45, 2.75) is 31.6 Å². The standard InChI is InChI=1S/C11H16O2S2/c1-8(2)4-3-5-14-9-6-10(11(12)13)15-7-9/h6-8H,3-5H2,1-2H3,(H,12,13). The molecule has 0 saturated heterocycles. The van der Waals surface area contributed by atoms with E-state index in [0.717, 1.165) is 16.6 Å². The van der Waals surface area contributed by atoms with E-state index in [0.29, 0.717) is 4.88 Å². The Labute approximate surface area is 98.7 Å². The van der Waals surface area contributed by atoms with Crippen molar-refractivity contribution in [3.05, 3.63) is 16.3 Å². The number of carbonyl (C=O) groups is 1. The highest BCUT2D eigenvalue weighted by atomic mass is 32.2.